The predicted molar refractivity (Wildman–Crippen MR) is 77.8 cm³/mol. The average Bonchev–Trinajstić information content (AvgIpc) is 2.44. The molecule has 0 aliphatic heterocycles. The number of hydrogen-bond donors (Lipinski definition) is 1. The van der Waals surface area contributed by atoms with Gasteiger partial charge in [0.25, 0.3) is 0 Å². The highest BCUT2D eigenvalue weighted by atomic mass is 35.5. The topological polar surface area (TPSA) is 29.5 Å². The van der Waals surface area contributed by atoms with Crippen LogP contribution >= 0.6 is 11.6 Å². The van der Waals surface area contributed by atoms with Gasteiger partial charge < -0.3 is 9.84 Å². The molecule has 2 rings (SSSR count). The van der Waals surface area contributed by atoms with Crippen molar-refractivity contribution in [1.29, 1.82) is 0 Å². The molecule has 2 aromatic carbocycles. The highest BCUT2D eigenvalue weighted by molar-refractivity contribution is 6.31. The molecule has 1 N–H and O–H groups in total. The fraction of sp³-hybridized carbons (Fsp3) is 0.250. The molecule has 0 fully saturated rings. The van der Waals surface area contributed by atoms with Crippen LogP contribution in [0.5, 0.6) is 5.75 Å². The number of rotatable bonds is 5. The maximum Gasteiger partial charge on any atom is 0.127 e. The second-order valence-electron chi connectivity index (χ2n) is 4.61. The van der Waals surface area contributed by atoms with Crippen molar-refractivity contribution in [2.75, 3.05) is 7.11 Å². The van der Waals surface area contributed by atoms with Gasteiger partial charge in [-0.15, -0.1) is 0 Å². The number of methoxy groups -OCH3 is 1. The Labute approximate surface area is 122 Å². The summed E-state index contributed by atoms with van der Waals surface area (Å²) in [4.78, 5) is 0. The summed E-state index contributed by atoms with van der Waals surface area (Å²) in [6, 6.07) is 11.9. The first-order valence-electron chi connectivity index (χ1n) is 6.34. The minimum absolute atomic E-state index is 0.192. The Bertz CT molecular complexity index is 549. The molecule has 2 nitrogen and oxygen atoms in total. The highest BCUT2D eigenvalue weighted by Crippen LogP contribution is 2.22. The summed E-state index contributed by atoms with van der Waals surface area (Å²) in [7, 11) is 1.60. The molecule has 0 heterocycles. The zero-order valence-electron chi connectivity index (χ0n) is 11.1. The number of halogens is 2. The van der Waals surface area contributed by atoms with Crippen LogP contribution < -0.4 is 4.74 Å². The standard InChI is InChI=1S/C16H16ClFO2/c1-20-13-7-5-11(6-8-13)9-12(19)10-14-15(17)3-2-4-16(14)18/h2-8,12,19H,9-10H2,1H3. The molecule has 1 unspecified atom stereocenters. The third-order valence-corrected chi connectivity index (χ3v) is 3.49. The SMILES string of the molecule is COc1ccc(CC(O)Cc2c(F)cccc2Cl)cc1. The summed E-state index contributed by atoms with van der Waals surface area (Å²) in [5.74, 6) is 0.381. The van der Waals surface area contributed by atoms with Crippen LogP contribution in [-0.2, 0) is 12.8 Å². The van der Waals surface area contributed by atoms with Crippen molar-refractivity contribution in [3.8, 4) is 5.75 Å². The van der Waals surface area contributed by atoms with Gasteiger partial charge in [-0.05, 0) is 36.2 Å². The van der Waals surface area contributed by atoms with E-state index >= 15 is 0 Å². The lowest BCUT2D eigenvalue weighted by Gasteiger charge is -2.13. The highest BCUT2D eigenvalue weighted by Gasteiger charge is 2.13. The maximum atomic E-state index is 13.6. The molecule has 0 saturated heterocycles. The van der Waals surface area contributed by atoms with Crippen molar-refractivity contribution in [3.05, 3.63) is 64.4 Å². The number of aliphatic hydroxyl groups excluding tert-OH is 1. The van der Waals surface area contributed by atoms with E-state index in [1.807, 2.05) is 24.3 Å². The van der Waals surface area contributed by atoms with Gasteiger partial charge >= 0.3 is 0 Å². The lowest BCUT2D eigenvalue weighted by molar-refractivity contribution is 0.174. The lowest BCUT2D eigenvalue weighted by Crippen LogP contribution is -2.15. The predicted octanol–water partition coefficient (Wildman–Crippen LogP) is 3.63. The molecular weight excluding hydrogens is 279 g/mol. The van der Waals surface area contributed by atoms with E-state index < -0.39 is 6.10 Å². The van der Waals surface area contributed by atoms with E-state index in [1.165, 1.54) is 6.07 Å². The summed E-state index contributed by atoms with van der Waals surface area (Å²) in [6.07, 6.45) is -0.0515. The zero-order valence-corrected chi connectivity index (χ0v) is 11.9. The molecule has 2 aromatic rings. The molecule has 1 atom stereocenters. The number of hydrogen-bond acceptors (Lipinski definition) is 2. The van der Waals surface area contributed by atoms with Crippen molar-refractivity contribution in [2.24, 2.45) is 0 Å². The van der Waals surface area contributed by atoms with E-state index in [1.54, 1.807) is 19.2 Å². The first-order valence-corrected chi connectivity index (χ1v) is 6.72. The van der Waals surface area contributed by atoms with Gasteiger partial charge in [-0.1, -0.05) is 29.8 Å². The molecule has 4 heteroatoms. The Morgan fingerprint density at radius 1 is 1.15 bits per heavy atom. The second-order valence-corrected chi connectivity index (χ2v) is 5.02. The molecule has 20 heavy (non-hydrogen) atoms. The van der Waals surface area contributed by atoms with Crippen LogP contribution in [0.2, 0.25) is 5.02 Å². The van der Waals surface area contributed by atoms with Crippen molar-refractivity contribution >= 4 is 11.6 Å². The van der Waals surface area contributed by atoms with E-state index in [-0.39, 0.29) is 12.2 Å². The smallest absolute Gasteiger partial charge is 0.127 e. The van der Waals surface area contributed by atoms with Crippen LogP contribution in [0.4, 0.5) is 4.39 Å². The normalized spacial score (nSPS) is 12.2. The molecule has 106 valence electrons. The molecule has 0 amide bonds. The van der Waals surface area contributed by atoms with Gasteiger partial charge in [0.15, 0.2) is 0 Å². The van der Waals surface area contributed by atoms with Gasteiger partial charge in [0.2, 0.25) is 0 Å². The minimum Gasteiger partial charge on any atom is -0.497 e. The Morgan fingerprint density at radius 3 is 2.45 bits per heavy atom. The molecule has 0 bridgehead atoms. The van der Waals surface area contributed by atoms with Crippen LogP contribution in [0.15, 0.2) is 42.5 Å². The Kier molecular flexibility index (Phi) is 4.99. The summed E-state index contributed by atoms with van der Waals surface area (Å²) in [5, 5.41) is 10.4. The molecule has 0 aromatic heterocycles. The zero-order chi connectivity index (χ0) is 14.5. The average molecular weight is 295 g/mol. The van der Waals surface area contributed by atoms with Crippen molar-refractivity contribution in [3.63, 3.8) is 0 Å². The molecule has 0 aliphatic carbocycles. The van der Waals surface area contributed by atoms with Crippen LogP contribution in [0.25, 0.3) is 0 Å². The van der Waals surface area contributed by atoms with Crippen molar-refractivity contribution in [2.45, 2.75) is 18.9 Å². The van der Waals surface area contributed by atoms with Crippen molar-refractivity contribution in [1.82, 2.24) is 0 Å². The lowest BCUT2D eigenvalue weighted by atomic mass is 10.0. The third-order valence-electron chi connectivity index (χ3n) is 3.13. The fourth-order valence-electron chi connectivity index (χ4n) is 2.07. The molecule has 0 saturated carbocycles. The monoisotopic (exact) mass is 294 g/mol. The van der Waals surface area contributed by atoms with E-state index in [2.05, 4.69) is 0 Å². The fourth-order valence-corrected chi connectivity index (χ4v) is 2.31. The molecular formula is C16H16ClFO2. The maximum absolute atomic E-state index is 13.6. The van der Waals surface area contributed by atoms with E-state index in [0.29, 0.717) is 17.0 Å². The van der Waals surface area contributed by atoms with Crippen LogP contribution in [0, 0.1) is 5.82 Å². The van der Waals surface area contributed by atoms with Gasteiger partial charge in [0, 0.05) is 17.0 Å². The second kappa shape index (κ2) is 6.73. The summed E-state index contributed by atoms with van der Waals surface area (Å²) >= 11 is 5.95. The Balaban J connectivity index is 2.03. The first-order chi connectivity index (χ1) is 9.60. The summed E-state index contributed by atoms with van der Waals surface area (Å²) in [6.45, 7) is 0. The van der Waals surface area contributed by atoms with E-state index in [0.717, 1.165) is 11.3 Å². The number of ether oxygens (including phenoxy) is 1. The minimum atomic E-state index is -0.683. The quantitative estimate of drug-likeness (QED) is 0.912. The van der Waals surface area contributed by atoms with Crippen LogP contribution in [-0.4, -0.2) is 18.3 Å². The Morgan fingerprint density at radius 2 is 1.85 bits per heavy atom. The van der Waals surface area contributed by atoms with Gasteiger partial charge in [-0.2, -0.15) is 0 Å². The molecule has 0 spiro atoms. The van der Waals surface area contributed by atoms with Gasteiger partial charge in [-0.25, -0.2) is 4.39 Å². The Hall–Kier alpha value is -1.58. The number of aliphatic hydroxyl groups is 1. The summed E-state index contributed by atoms with van der Waals surface area (Å²) < 4.78 is 18.7. The largest absolute Gasteiger partial charge is 0.497 e. The number of benzene rings is 2. The molecule has 0 radical (unpaired) electrons. The van der Waals surface area contributed by atoms with E-state index in [4.69, 9.17) is 16.3 Å². The van der Waals surface area contributed by atoms with Gasteiger partial charge in [0.1, 0.15) is 11.6 Å². The van der Waals surface area contributed by atoms with E-state index in [9.17, 15) is 9.50 Å². The summed E-state index contributed by atoms with van der Waals surface area (Å²) in [5.41, 5.74) is 1.32. The first kappa shape index (κ1) is 14.8. The van der Waals surface area contributed by atoms with Gasteiger partial charge in [0.05, 0.1) is 13.2 Å². The van der Waals surface area contributed by atoms with Crippen LogP contribution in [0.3, 0.4) is 0 Å². The van der Waals surface area contributed by atoms with Crippen LogP contribution in [0.1, 0.15) is 11.1 Å². The molecule has 0 aliphatic rings. The van der Waals surface area contributed by atoms with Crippen molar-refractivity contribution < 1.29 is 14.2 Å². The third kappa shape index (κ3) is 3.71. The van der Waals surface area contributed by atoms with Gasteiger partial charge in [-0.3, -0.25) is 0 Å².